The molecule has 0 fully saturated rings. The van der Waals surface area contributed by atoms with Gasteiger partial charge in [0.1, 0.15) is 11.6 Å². The van der Waals surface area contributed by atoms with Gasteiger partial charge in [-0.3, -0.25) is 9.59 Å². The molecule has 2 aromatic rings. The van der Waals surface area contributed by atoms with Crippen LogP contribution in [0, 0.1) is 5.82 Å². The van der Waals surface area contributed by atoms with E-state index in [1.54, 1.807) is 17.7 Å². The van der Waals surface area contributed by atoms with Crippen molar-refractivity contribution in [2.75, 3.05) is 18.1 Å². The van der Waals surface area contributed by atoms with E-state index in [0.29, 0.717) is 24.0 Å². The minimum Gasteiger partial charge on any atom is -0.481 e. The Morgan fingerprint density at radius 2 is 2.18 bits per heavy atom. The van der Waals surface area contributed by atoms with E-state index in [0.717, 1.165) is 17.6 Å². The van der Waals surface area contributed by atoms with Crippen molar-refractivity contribution in [3.05, 3.63) is 29.8 Å². The quantitative estimate of drug-likeness (QED) is 0.799. The Morgan fingerprint density at radius 1 is 1.41 bits per heavy atom. The Kier molecular flexibility index (Phi) is 5.37. The van der Waals surface area contributed by atoms with Crippen molar-refractivity contribution >= 4 is 34.7 Å². The fourth-order valence-corrected chi connectivity index (χ4v) is 2.60. The van der Waals surface area contributed by atoms with Gasteiger partial charge in [-0.1, -0.05) is 0 Å². The third-order valence-corrected chi connectivity index (χ3v) is 3.98. The number of aliphatic carboxylic acids is 1. The maximum absolute atomic E-state index is 13.2. The lowest BCUT2D eigenvalue weighted by Crippen LogP contribution is -2.28. The summed E-state index contributed by atoms with van der Waals surface area (Å²) in [5.41, 5.74) is 1.42. The number of nitrogens with one attached hydrogen (secondary N) is 1. The molecule has 0 bridgehead atoms. The number of carboxylic acids is 1. The third kappa shape index (κ3) is 4.20. The molecule has 0 unspecified atom stereocenters. The molecular weight excluding hydrogens is 309 g/mol. The van der Waals surface area contributed by atoms with Gasteiger partial charge in [-0.2, -0.15) is 0 Å². The molecule has 0 saturated heterocycles. The van der Waals surface area contributed by atoms with Crippen molar-refractivity contribution in [3.63, 3.8) is 0 Å². The Balaban J connectivity index is 1.86. The highest BCUT2D eigenvalue weighted by atomic mass is 32.2. The number of nitrogens with zero attached hydrogens (tertiary/aromatic N) is 2. The lowest BCUT2D eigenvalue weighted by atomic mass is 10.3. The molecule has 0 aliphatic rings. The molecule has 2 rings (SSSR count). The number of hydrogen-bond acceptors (Lipinski definition) is 4. The lowest BCUT2D eigenvalue weighted by molar-refractivity contribution is -0.133. The third-order valence-electron chi connectivity index (χ3n) is 3.06. The van der Waals surface area contributed by atoms with Crippen LogP contribution < -0.4 is 5.32 Å². The van der Waals surface area contributed by atoms with Crippen LogP contribution in [-0.4, -0.2) is 44.6 Å². The van der Waals surface area contributed by atoms with E-state index >= 15 is 0 Å². The molecule has 0 atom stereocenters. The van der Waals surface area contributed by atoms with Crippen molar-refractivity contribution < 1.29 is 19.1 Å². The lowest BCUT2D eigenvalue weighted by Gasteiger charge is -2.05. The first-order chi connectivity index (χ1) is 10.5. The van der Waals surface area contributed by atoms with Gasteiger partial charge in [0.2, 0.25) is 5.91 Å². The summed E-state index contributed by atoms with van der Waals surface area (Å²) in [4.78, 5) is 26.2. The number of aryl methyl sites for hydroxylation is 1. The molecule has 0 spiro atoms. The minimum absolute atomic E-state index is 0.0935. The van der Waals surface area contributed by atoms with E-state index in [1.165, 1.54) is 12.1 Å². The first-order valence-electron chi connectivity index (χ1n) is 6.64. The molecule has 6 nitrogen and oxygen atoms in total. The standard InChI is InChI=1S/C14H16FN3O3S/c1-18-11-6-9(15)2-3-10(11)17-12(18)4-5-16-13(19)7-22-8-14(20)21/h2-3,6H,4-5,7-8H2,1H3,(H,16,19)(H,20,21). The molecule has 0 radical (unpaired) electrons. The van der Waals surface area contributed by atoms with Crippen LogP contribution in [0.1, 0.15) is 5.82 Å². The monoisotopic (exact) mass is 325 g/mol. The predicted octanol–water partition coefficient (Wildman–Crippen LogP) is 1.19. The maximum Gasteiger partial charge on any atom is 0.313 e. The largest absolute Gasteiger partial charge is 0.481 e. The van der Waals surface area contributed by atoms with Gasteiger partial charge >= 0.3 is 5.97 Å². The van der Waals surface area contributed by atoms with E-state index in [2.05, 4.69) is 10.3 Å². The highest BCUT2D eigenvalue weighted by Crippen LogP contribution is 2.16. The van der Waals surface area contributed by atoms with Crippen LogP contribution in [0.5, 0.6) is 0 Å². The summed E-state index contributed by atoms with van der Waals surface area (Å²) in [5, 5.41) is 11.2. The Bertz CT molecular complexity index is 702. The van der Waals surface area contributed by atoms with Crippen molar-refractivity contribution in [1.82, 2.24) is 14.9 Å². The zero-order valence-corrected chi connectivity index (χ0v) is 12.8. The van der Waals surface area contributed by atoms with Crippen molar-refractivity contribution in [3.8, 4) is 0 Å². The number of carbonyl (C=O) groups is 2. The molecule has 0 aliphatic heterocycles. The second-order valence-electron chi connectivity index (χ2n) is 4.71. The molecule has 8 heteroatoms. The molecule has 1 amide bonds. The maximum atomic E-state index is 13.2. The topological polar surface area (TPSA) is 84.2 Å². The SMILES string of the molecule is Cn1c(CCNC(=O)CSCC(=O)O)nc2ccc(F)cc21. The normalized spacial score (nSPS) is 10.8. The smallest absolute Gasteiger partial charge is 0.313 e. The Morgan fingerprint density at radius 3 is 2.91 bits per heavy atom. The number of hydrogen-bond donors (Lipinski definition) is 2. The summed E-state index contributed by atoms with van der Waals surface area (Å²) >= 11 is 1.05. The number of imidazole rings is 1. The zero-order valence-electron chi connectivity index (χ0n) is 12.0. The molecule has 118 valence electrons. The summed E-state index contributed by atoms with van der Waals surface area (Å²) in [6.45, 7) is 0.395. The minimum atomic E-state index is -0.940. The highest BCUT2D eigenvalue weighted by molar-refractivity contribution is 8.00. The summed E-state index contributed by atoms with van der Waals surface area (Å²) in [6.07, 6.45) is 0.516. The van der Waals surface area contributed by atoms with Crippen LogP contribution in [-0.2, 0) is 23.1 Å². The number of halogens is 1. The van der Waals surface area contributed by atoms with Crippen molar-refractivity contribution in [2.45, 2.75) is 6.42 Å². The Labute approximate surface area is 130 Å². The second-order valence-corrected chi connectivity index (χ2v) is 5.69. The van der Waals surface area contributed by atoms with Gasteiger partial charge in [-0.05, 0) is 18.2 Å². The van der Waals surface area contributed by atoms with E-state index in [9.17, 15) is 14.0 Å². The summed E-state index contributed by atoms with van der Waals surface area (Å²) in [7, 11) is 1.80. The highest BCUT2D eigenvalue weighted by Gasteiger charge is 2.09. The van der Waals surface area contributed by atoms with Gasteiger partial charge in [-0.15, -0.1) is 11.8 Å². The number of amides is 1. The van der Waals surface area contributed by atoms with Crippen LogP contribution in [0.25, 0.3) is 11.0 Å². The van der Waals surface area contributed by atoms with Gasteiger partial charge in [0.25, 0.3) is 0 Å². The summed E-state index contributed by atoms with van der Waals surface area (Å²) in [6, 6.07) is 4.41. The first-order valence-corrected chi connectivity index (χ1v) is 7.80. The number of aromatic nitrogens is 2. The molecule has 0 saturated carbocycles. The van der Waals surface area contributed by atoms with Gasteiger partial charge in [0, 0.05) is 20.0 Å². The van der Waals surface area contributed by atoms with E-state index < -0.39 is 5.97 Å². The second kappa shape index (κ2) is 7.26. The fraction of sp³-hybridized carbons (Fsp3) is 0.357. The average molecular weight is 325 g/mol. The number of rotatable bonds is 7. The number of fused-ring (bicyclic) bond motifs is 1. The number of carbonyl (C=O) groups excluding carboxylic acids is 1. The number of carboxylic acid groups (broad SMARTS) is 1. The first kappa shape index (κ1) is 16.3. The van der Waals surface area contributed by atoms with E-state index in [1.807, 2.05) is 0 Å². The van der Waals surface area contributed by atoms with E-state index in [-0.39, 0.29) is 23.2 Å². The van der Waals surface area contributed by atoms with Gasteiger partial charge in [0.05, 0.1) is 22.5 Å². The molecule has 1 aromatic carbocycles. The van der Waals surface area contributed by atoms with Crippen LogP contribution in [0.4, 0.5) is 4.39 Å². The molecule has 1 heterocycles. The molecule has 1 aromatic heterocycles. The Hall–Kier alpha value is -2.09. The van der Waals surface area contributed by atoms with Crippen LogP contribution in [0.3, 0.4) is 0 Å². The van der Waals surface area contributed by atoms with Crippen LogP contribution in [0.15, 0.2) is 18.2 Å². The van der Waals surface area contributed by atoms with Crippen LogP contribution >= 0.6 is 11.8 Å². The molecule has 22 heavy (non-hydrogen) atoms. The summed E-state index contributed by atoms with van der Waals surface area (Å²) in [5.74, 6) is -0.699. The number of benzene rings is 1. The molecule has 0 aliphatic carbocycles. The van der Waals surface area contributed by atoms with Gasteiger partial charge in [0.15, 0.2) is 0 Å². The zero-order chi connectivity index (χ0) is 16.1. The van der Waals surface area contributed by atoms with E-state index in [4.69, 9.17) is 5.11 Å². The average Bonchev–Trinajstić information content (AvgIpc) is 2.75. The number of thioether (sulfide) groups is 1. The summed E-state index contributed by atoms with van der Waals surface area (Å²) < 4.78 is 15.0. The van der Waals surface area contributed by atoms with Gasteiger partial charge in [-0.25, -0.2) is 9.37 Å². The van der Waals surface area contributed by atoms with Gasteiger partial charge < -0.3 is 15.0 Å². The fourth-order valence-electron chi connectivity index (χ4n) is 2.03. The van der Waals surface area contributed by atoms with Crippen molar-refractivity contribution in [2.24, 2.45) is 7.05 Å². The van der Waals surface area contributed by atoms with Crippen molar-refractivity contribution in [1.29, 1.82) is 0 Å². The van der Waals surface area contributed by atoms with Crippen LogP contribution in [0.2, 0.25) is 0 Å². The molecule has 2 N–H and O–H groups in total. The molecular formula is C14H16FN3O3S. The predicted molar refractivity (Wildman–Crippen MR) is 82.3 cm³/mol.